The van der Waals surface area contributed by atoms with Crippen LogP contribution in [-0.2, 0) is 6.42 Å². The molecule has 0 radical (unpaired) electrons. The highest BCUT2D eigenvalue weighted by atomic mass is 35.5. The van der Waals surface area contributed by atoms with Crippen LogP contribution in [0.4, 0.5) is 4.39 Å². The quantitative estimate of drug-likeness (QED) is 0.912. The van der Waals surface area contributed by atoms with Gasteiger partial charge in [0.25, 0.3) is 0 Å². The van der Waals surface area contributed by atoms with Gasteiger partial charge in [-0.05, 0) is 47.9 Å². The molecule has 2 aromatic carbocycles. The molecule has 1 unspecified atom stereocenters. The van der Waals surface area contributed by atoms with Crippen LogP contribution in [0.3, 0.4) is 0 Å². The van der Waals surface area contributed by atoms with E-state index < -0.39 is 6.10 Å². The van der Waals surface area contributed by atoms with Gasteiger partial charge in [-0.15, -0.1) is 0 Å². The first-order valence-corrected chi connectivity index (χ1v) is 6.83. The molecule has 0 spiro atoms. The van der Waals surface area contributed by atoms with E-state index in [-0.39, 0.29) is 5.82 Å². The van der Waals surface area contributed by atoms with E-state index >= 15 is 0 Å². The molecule has 4 heteroatoms. The second-order valence-electron chi connectivity index (χ2n) is 4.99. The number of halogens is 2. The van der Waals surface area contributed by atoms with E-state index in [9.17, 15) is 9.50 Å². The summed E-state index contributed by atoms with van der Waals surface area (Å²) in [4.78, 5) is 0. The molecule has 0 aliphatic carbocycles. The van der Waals surface area contributed by atoms with E-state index in [1.54, 1.807) is 12.1 Å². The molecule has 0 saturated carbocycles. The number of fused-ring (bicyclic) bond motifs is 1. The van der Waals surface area contributed by atoms with Crippen LogP contribution in [-0.4, -0.2) is 11.7 Å². The lowest BCUT2D eigenvalue weighted by atomic mass is 9.95. The number of hydrogen-bond donors (Lipinski definition) is 1. The third-order valence-electron chi connectivity index (χ3n) is 3.61. The molecule has 2 nitrogen and oxygen atoms in total. The topological polar surface area (TPSA) is 29.5 Å². The molecule has 0 bridgehead atoms. The molecule has 104 valence electrons. The normalized spacial score (nSPS) is 14.8. The summed E-state index contributed by atoms with van der Waals surface area (Å²) in [5, 5.41) is 11.1. The van der Waals surface area contributed by atoms with Gasteiger partial charge in [-0.25, -0.2) is 4.39 Å². The Bertz CT molecular complexity index is 670. The van der Waals surface area contributed by atoms with Gasteiger partial charge in [-0.1, -0.05) is 17.7 Å². The summed E-state index contributed by atoms with van der Waals surface area (Å²) in [6, 6.07) is 7.91. The predicted molar refractivity (Wildman–Crippen MR) is 75.8 cm³/mol. The summed E-state index contributed by atoms with van der Waals surface area (Å²) in [7, 11) is 0. The Kier molecular flexibility index (Phi) is 3.40. The summed E-state index contributed by atoms with van der Waals surface area (Å²) in [5.74, 6) is 0.301. The van der Waals surface area contributed by atoms with Gasteiger partial charge in [0, 0.05) is 17.0 Å². The zero-order chi connectivity index (χ0) is 14.3. The molecule has 0 amide bonds. The lowest BCUT2D eigenvalue weighted by Crippen LogP contribution is -2.05. The molecule has 1 N–H and O–H groups in total. The molecule has 3 rings (SSSR count). The minimum atomic E-state index is -0.948. The number of aliphatic hydroxyl groups excluding tert-OH is 1. The summed E-state index contributed by atoms with van der Waals surface area (Å²) in [6.07, 6.45) is -0.172. The monoisotopic (exact) mass is 292 g/mol. The maximum atomic E-state index is 13.4. The number of ether oxygens (including phenoxy) is 1. The zero-order valence-electron chi connectivity index (χ0n) is 11.0. The Hall–Kier alpha value is -1.58. The van der Waals surface area contributed by atoms with Crippen molar-refractivity contribution >= 4 is 11.6 Å². The first-order valence-electron chi connectivity index (χ1n) is 6.45. The summed E-state index contributed by atoms with van der Waals surface area (Å²) < 4.78 is 19.0. The highest BCUT2D eigenvalue weighted by Crippen LogP contribution is 2.39. The highest BCUT2D eigenvalue weighted by molar-refractivity contribution is 6.30. The Balaban J connectivity index is 2.11. The van der Waals surface area contributed by atoms with Gasteiger partial charge >= 0.3 is 0 Å². The molecule has 0 saturated heterocycles. The fraction of sp³-hybridized carbons (Fsp3) is 0.250. The second-order valence-corrected chi connectivity index (χ2v) is 5.42. The first-order chi connectivity index (χ1) is 9.56. The summed E-state index contributed by atoms with van der Waals surface area (Å²) in [5.41, 5.74) is 2.94. The fourth-order valence-electron chi connectivity index (χ4n) is 2.57. The maximum Gasteiger partial charge on any atom is 0.128 e. The van der Waals surface area contributed by atoms with Crippen molar-refractivity contribution in [2.45, 2.75) is 19.4 Å². The Morgan fingerprint density at radius 1 is 1.25 bits per heavy atom. The Morgan fingerprint density at radius 3 is 2.85 bits per heavy atom. The molecule has 1 aliphatic heterocycles. The van der Waals surface area contributed by atoms with E-state index in [0.717, 1.165) is 17.5 Å². The Labute approximate surface area is 121 Å². The minimum absolute atomic E-state index is 0.371. The van der Waals surface area contributed by atoms with Crippen molar-refractivity contribution < 1.29 is 14.2 Å². The molecular weight excluding hydrogens is 279 g/mol. The van der Waals surface area contributed by atoms with Crippen molar-refractivity contribution in [2.75, 3.05) is 6.61 Å². The van der Waals surface area contributed by atoms with Gasteiger partial charge in [0.05, 0.1) is 6.61 Å². The van der Waals surface area contributed by atoms with Crippen LogP contribution in [0.15, 0.2) is 30.3 Å². The van der Waals surface area contributed by atoms with Crippen LogP contribution in [0.2, 0.25) is 5.02 Å². The van der Waals surface area contributed by atoms with Gasteiger partial charge in [-0.3, -0.25) is 0 Å². The van der Waals surface area contributed by atoms with Crippen LogP contribution in [0.5, 0.6) is 5.75 Å². The lowest BCUT2D eigenvalue weighted by molar-refractivity contribution is 0.212. The highest BCUT2D eigenvalue weighted by Gasteiger charge is 2.24. The number of rotatable bonds is 2. The first kappa shape index (κ1) is 13.4. The van der Waals surface area contributed by atoms with Crippen molar-refractivity contribution in [1.29, 1.82) is 0 Å². The number of hydrogen-bond acceptors (Lipinski definition) is 2. The molecule has 1 atom stereocenters. The fourth-order valence-corrected chi connectivity index (χ4v) is 2.82. The number of aryl methyl sites for hydroxylation is 1. The molecular formula is C16H14ClFO2. The SMILES string of the molecule is Cc1ccc(F)cc1C(O)c1cc(Cl)cc2c1OCC2. The number of aliphatic hydroxyl groups is 1. The van der Waals surface area contributed by atoms with Crippen LogP contribution in [0, 0.1) is 12.7 Å². The summed E-state index contributed by atoms with van der Waals surface area (Å²) in [6.45, 7) is 2.42. The smallest absolute Gasteiger partial charge is 0.128 e. The molecule has 1 heterocycles. The van der Waals surface area contributed by atoms with Gasteiger partial charge in [-0.2, -0.15) is 0 Å². The average molecular weight is 293 g/mol. The van der Waals surface area contributed by atoms with E-state index in [1.807, 2.05) is 13.0 Å². The van der Waals surface area contributed by atoms with Gasteiger partial charge in [0.1, 0.15) is 17.7 Å². The molecule has 0 aromatic heterocycles. The maximum absolute atomic E-state index is 13.4. The van der Waals surface area contributed by atoms with E-state index in [1.165, 1.54) is 12.1 Å². The van der Waals surface area contributed by atoms with E-state index in [4.69, 9.17) is 16.3 Å². The van der Waals surface area contributed by atoms with Crippen LogP contribution >= 0.6 is 11.6 Å². The van der Waals surface area contributed by atoms with Crippen molar-refractivity contribution in [3.63, 3.8) is 0 Å². The minimum Gasteiger partial charge on any atom is -0.493 e. The predicted octanol–water partition coefficient (Wildman–Crippen LogP) is 3.80. The summed E-state index contributed by atoms with van der Waals surface area (Å²) >= 11 is 6.09. The van der Waals surface area contributed by atoms with Gasteiger partial charge in [0.2, 0.25) is 0 Å². The van der Waals surface area contributed by atoms with Crippen molar-refractivity contribution in [3.8, 4) is 5.75 Å². The van der Waals surface area contributed by atoms with E-state index in [0.29, 0.717) is 28.5 Å². The molecule has 2 aromatic rings. The number of benzene rings is 2. The average Bonchev–Trinajstić information content (AvgIpc) is 2.87. The van der Waals surface area contributed by atoms with Crippen LogP contribution < -0.4 is 4.74 Å². The van der Waals surface area contributed by atoms with Gasteiger partial charge in [0.15, 0.2) is 0 Å². The van der Waals surface area contributed by atoms with E-state index in [2.05, 4.69) is 0 Å². The van der Waals surface area contributed by atoms with Crippen LogP contribution in [0.25, 0.3) is 0 Å². The third-order valence-corrected chi connectivity index (χ3v) is 3.83. The zero-order valence-corrected chi connectivity index (χ0v) is 11.7. The standard InChI is InChI=1S/C16H14ClFO2/c1-9-2-3-12(18)8-13(9)15(19)14-7-11(17)6-10-4-5-20-16(10)14/h2-3,6-8,15,19H,4-5H2,1H3. The molecule has 20 heavy (non-hydrogen) atoms. The van der Waals surface area contributed by atoms with Crippen LogP contribution in [0.1, 0.15) is 28.4 Å². The molecule has 1 aliphatic rings. The lowest BCUT2D eigenvalue weighted by Gasteiger charge is -2.17. The van der Waals surface area contributed by atoms with Crippen molar-refractivity contribution in [1.82, 2.24) is 0 Å². The Morgan fingerprint density at radius 2 is 2.05 bits per heavy atom. The largest absolute Gasteiger partial charge is 0.493 e. The van der Waals surface area contributed by atoms with Crippen molar-refractivity contribution in [3.05, 3.63) is 63.4 Å². The molecule has 0 fully saturated rings. The van der Waals surface area contributed by atoms with Crippen molar-refractivity contribution in [2.24, 2.45) is 0 Å². The second kappa shape index (κ2) is 5.08. The van der Waals surface area contributed by atoms with Gasteiger partial charge < -0.3 is 9.84 Å². The third kappa shape index (κ3) is 2.28.